The van der Waals surface area contributed by atoms with Crippen LogP contribution < -0.4 is 5.32 Å². The molecule has 18 heavy (non-hydrogen) atoms. The Kier molecular flexibility index (Phi) is 7.02. The Hall–Kier alpha value is -0.280. The molecule has 1 aromatic carbocycles. The van der Waals surface area contributed by atoms with Gasteiger partial charge in [-0.1, -0.05) is 42.6 Å². The van der Waals surface area contributed by atoms with Crippen LogP contribution in [0.1, 0.15) is 38.3 Å². The highest BCUT2D eigenvalue weighted by molar-refractivity contribution is 6.35. The van der Waals surface area contributed by atoms with Gasteiger partial charge in [-0.15, -0.1) is 0 Å². The van der Waals surface area contributed by atoms with Crippen molar-refractivity contribution in [1.29, 1.82) is 0 Å². The average Bonchev–Trinajstić information content (AvgIpc) is 2.34. The third-order valence-electron chi connectivity index (χ3n) is 3.26. The van der Waals surface area contributed by atoms with E-state index in [0.717, 1.165) is 24.9 Å². The Morgan fingerprint density at radius 3 is 2.61 bits per heavy atom. The zero-order chi connectivity index (χ0) is 13.5. The van der Waals surface area contributed by atoms with Gasteiger partial charge < -0.3 is 10.4 Å². The first kappa shape index (κ1) is 15.8. The summed E-state index contributed by atoms with van der Waals surface area (Å²) in [6, 6.07) is 5.76. The molecule has 1 rings (SSSR count). The van der Waals surface area contributed by atoms with Gasteiger partial charge in [0.1, 0.15) is 0 Å². The third kappa shape index (κ3) is 4.77. The summed E-state index contributed by atoms with van der Waals surface area (Å²) in [6.45, 7) is 5.36. The van der Waals surface area contributed by atoms with Crippen molar-refractivity contribution >= 4 is 23.2 Å². The van der Waals surface area contributed by atoms with Crippen molar-refractivity contribution in [3.63, 3.8) is 0 Å². The van der Waals surface area contributed by atoms with Crippen molar-refractivity contribution in [2.24, 2.45) is 5.92 Å². The average molecular weight is 290 g/mol. The zero-order valence-corrected chi connectivity index (χ0v) is 12.4. The van der Waals surface area contributed by atoms with Gasteiger partial charge in [-0.25, -0.2) is 0 Å². The summed E-state index contributed by atoms with van der Waals surface area (Å²) in [4.78, 5) is 0. The monoisotopic (exact) mass is 289 g/mol. The molecule has 1 aromatic rings. The Balaban J connectivity index is 2.56. The fourth-order valence-electron chi connectivity index (χ4n) is 1.94. The van der Waals surface area contributed by atoms with Crippen LogP contribution in [-0.2, 0) is 0 Å². The first-order chi connectivity index (χ1) is 8.58. The lowest BCUT2D eigenvalue weighted by molar-refractivity contribution is 0.249. The molecule has 0 spiro atoms. The summed E-state index contributed by atoms with van der Waals surface area (Å²) in [7, 11) is 0. The Morgan fingerprint density at radius 1 is 1.33 bits per heavy atom. The molecule has 2 atom stereocenters. The minimum absolute atomic E-state index is 0.183. The number of aliphatic hydroxyl groups is 1. The van der Waals surface area contributed by atoms with Gasteiger partial charge in [-0.2, -0.15) is 0 Å². The van der Waals surface area contributed by atoms with Gasteiger partial charge in [-0.3, -0.25) is 0 Å². The lowest BCUT2D eigenvalue weighted by Gasteiger charge is -2.20. The van der Waals surface area contributed by atoms with Crippen molar-refractivity contribution < 1.29 is 5.11 Å². The van der Waals surface area contributed by atoms with Crippen LogP contribution in [0.25, 0.3) is 0 Å². The van der Waals surface area contributed by atoms with Crippen LogP contribution in [-0.4, -0.2) is 18.3 Å². The number of aliphatic hydroxyl groups excluding tert-OH is 1. The summed E-state index contributed by atoms with van der Waals surface area (Å²) in [5, 5.41) is 13.8. The van der Waals surface area contributed by atoms with Crippen molar-refractivity contribution in [3.8, 4) is 0 Å². The van der Waals surface area contributed by atoms with E-state index >= 15 is 0 Å². The maximum absolute atomic E-state index is 8.96. The second-order valence-electron chi connectivity index (χ2n) is 4.58. The van der Waals surface area contributed by atoms with Gasteiger partial charge in [0, 0.05) is 22.7 Å². The summed E-state index contributed by atoms with van der Waals surface area (Å²) < 4.78 is 0. The van der Waals surface area contributed by atoms with E-state index in [9.17, 15) is 0 Å². The molecule has 0 bridgehead atoms. The predicted octanol–water partition coefficient (Wildman–Crippen LogP) is 4.05. The molecule has 0 amide bonds. The topological polar surface area (TPSA) is 32.3 Å². The molecular weight excluding hydrogens is 269 g/mol. The fourth-order valence-corrected chi connectivity index (χ4v) is 2.51. The standard InChI is InChI=1S/C14H21Cl2NO/c1-3-11(6-7-18)9-17-10(2)13-5-4-12(15)8-14(13)16/h4-5,8,10-11,17-18H,3,6-7,9H2,1-2H3. The predicted molar refractivity (Wildman–Crippen MR) is 78.4 cm³/mol. The van der Waals surface area contributed by atoms with E-state index in [4.69, 9.17) is 28.3 Å². The smallest absolute Gasteiger partial charge is 0.0468 e. The molecule has 4 heteroatoms. The quantitative estimate of drug-likeness (QED) is 0.794. The highest BCUT2D eigenvalue weighted by Crippen LogP contribution is 2.26. The number of hydrogen-bond donors (Lipinski definition) is 2. The van der Waals surface area contributed by atoms with E-state index in [0.29, 0.717) is 16.0 Å². The van der Waals surface area contributed by atoms with Crippen LogP contribution in [0.5, 0.6) is 0 Å². The van der Waals surface area contributed by atoms with Crippen LogP contribution in [0.15, 0.2) is 18.2 Å². The molecule has 2 unspecified atom stereocenters. The van der Waals surface area contributed by atoms with Gasteiger partial charge in [0.2, 0.25) is 0 Å². The van der Waals surface area contributed by atoms with Crippen molar-refractivity contribution in [3.05, 3.63) is 33.8 Å². The number of halogens is 2. The molecule has 102 valence electrons. The van der Waals surface area contributed by atoms with Gasteiger partial charge in [0.05, 0.1) is 0 Å². The molecule has 2 nitrogen and oxygen atoms in total. The highest BCUT2D eigenvalue weighted by Gasteiger charge is 2.12. The molecule has 0 aliphatic carbocycles. The van der Waals surface area contributed by atoms with E-state index in [1.807, 2.05) is 12.1 Å². The fraction of sp³-hybridized carbons (Fsp3) is 0.571. The van der Waals surface area contributed by atoms with Crippen LogP contribution in [0.3, 0.4) is 0 Å². The molecule has 0 aliphatic rings. The van der Waals surface area contributed by atoms with E-state index < -0.39 is 0 Å². The van der Waals surface area contributed by atoms with E-state index in [1.54, 1.807) is 6.07 Å². The minimum Gasteiger partial charge on any atom is -0.396 e. The maximum Gasteiger partial charge on any atom is 0.0468 e. The molecule has 2 N–H and O–H groups in total. The van der Waals surface area contributed by atoms with Gasteiger partial charge >= 0.3 is 0 Å². The highest BCUT2D eigenvalue weighted by atomic mass is 35.5. The van der Waals surface area contributed by atoms with Crippen LogP contribution in [0.2, 0.25) is 10.0 Å². The Labute approximate surface area is 119 Å². The first-order valence-electron chi connectivity index (χ1n) is 6.37. The lowest BCUT2D eigenvalue weighted by atomic mass is 10.0. The minimum atomic E-state index is 0.183. The largest absolute Gasteiger partial charge is 0.396 e. The normalized spacial score (nSPS) is 14.5. The molecule has 0 fully saturated rings. The molecule has 0 heterocycles. The van der Waals surface area contributed by atoms with Crippen LogP contribution in [0, 0.1) is 5.92 Å². The summed E-state index contributed by atoms with van der Waals surface area (Å²) in [5.74, 6) is 0.503. The molecule has 0 radical (unpaired) electrons. The maximum atomic E-state index is 8.96. The molecule has 0 saturated heterocycles. The molecule has 0 aromatic heterocycles. The second kappa shape index (κ2) is 8.00. The Bertz CT molecular complexity index is 371. The first-order valence-corrected chi connectivity index (χ1v) is 7.13. The molecule has 0 aliphatic heterocycles. The van der Waals surface area contributed by atoms with Gasteiger partial charge in [0.25, 0.3) is 0 Å². The molecule has 0 saturated carbocycles. The third-order valence-corrected chi connectivity index (χ3v) is 3.82. The SMILES string of the molecule is CCC(CCO)CNC(C)c1ccc(Cl)cc1Cl. The van der Waals surface area contributed by atoms with Gasteiger partial charge in [0.15, 0.2) is 0 Å². The number of rotatable bonds is 7. The lowest BCUT2D eigenvalue weighted by Crippen LogP contribution is -2.26. The van der Waals surface area contributed by atoms with E-state index in [-0.39, 0.29) is 12.6 Å². The van der Waals surface area contributed by atoms with Crippen LogP contribution in [0.4, 0.5) is 0 Å². The van der Waals surface area contributed by atoms with Crippen LogP contribution >= 0.6 is 23.2 Å². The summed E-state index contributed by atoms with van der Waals surface area (Å²) >= 11 is 12.1. The summed E-state index contributed by atoms with van der Waals surface area (Å²) in [6.07, 6.45) is 1.90. The number of benzene rings is 1. The number of hydrogen-bond acceptors (Lipinski definition) is 2. The number of nitrogens with one attached hydrogen (secondary N) is 1. The zero-order valence-electron chi connectivity index (χ0n) is 10.9. The van der Waals surface area contributed by atoms with Crippen molar-refractivity contribution in [2.75, 3.05) is 13.2 Å². The van der Waals surface area contributed by atoms with Crippen molar-refractivity contribution in [2.45, 2.75) is 32.7 Å². The van der Waals surface area contributed by atoms with E-state index in [1.165, 1.54) is 0 Å². The van der Waals surface area contributed by atoms with Crippen molar-refractivity contribution in [1.82, 2.24) is 5.32 Å². The molecular formula is C14H21Cl2NO. The van der Waals surface area contributed by atoms with Gasteiger partial charge in [-0.05, 0) is 43.5 Å². The second-order valence-corrected chi connectivity index (χ2v) is 5.43. The summed E-state index contributed by atoms with van der Waals surface area (Å²) in [5.41, 5.74) is 1.06. The van der Waals surface area contributed by atoms with E-state index in [2.05, 4.69) is 19.2 Å². The Morgan fingerprint density at radius 2 is 2.06 bits per heavy atom.